The highest BCUT2D eigenvalue weighted by atomic mass is 16.4. The molecule has 1 aliphatic rings. The second-order valence-electron chi connectivity index (χ2n) is 4.85. The summed E-state index contributed by atoms with van der Waals surface area (Å²) in [6.45, 7) is 6.41. The molecule has 15 heavy (non-hydrogen) atoms. The van der Waals surface area contributed by atoms with Gasteiger partial charge in [-0.1, -0.05) is 0 Å². The second-order valence-corrected chi connectivity index (χ2v) is 4.85. The summed E-state index contributed by atoms with van der Waals surface area (Å²) >= 11 is 0. The molecule has 0 spiro atoms. The van der Waals surface area contributed by atoms with Crippen molar-refractivity contribution >= 4 is 11.9 Å². The largest absolute Gasteiger partial charge is 0.465 e. The van der Waals surface area contributed by atoms with Crippen LogP contribution in [-0.4, -0.2) is 46.6 Å². The Bertz CT molecular complexity index is 270. The molecule has 0 aromatic rings. The summed E-state index contributed by atoms with van der Waals surface area (Å²) < 4.78 is 0. The molecule has 5 heteroatoms. The van der Waals surface area contributed by atoms with Crippen LogP contribution >= 0.6 is 0 Å². The molecule has 1 fully saturated rings. The van der Waals surface area contributed by atoms with Crippen LogP contribution in [0.5, 0.6) is 0 Å². The fraction of sp³-hybridized carbons (Fsp3) is 0.800. The molecule has 1 unspecified atom stereocenters. The lowest BCUT2D eigenvalue weighted by molar-refractivity contribution is -0.121. The molecular formula is C10H18N2O3. The van der Waals surface area contributed by atoms with Crippen LogP contribution in [0.2, 0.25) is 0 Å². The van der Waals surface area contributed by atoms with E-state index >= 15 is 0 Å². The molecule has 2 N–H and O–H groups in total. The number of carbonyl (C=O) groups excluding carboxylic acids is 1. The summed E-state index contributed by atoms with van der Waals surface area (Å²) in [5.74, 6) is 0.0711. The maximum absolute atomic E-state index is 11.2. The van der Waals surface area contributed by atoms with Crippen LogP contribution in [0.3, 0.4) is 0 Å². The smallest absolute Gasteiger partial charge is 0.408 e. The van der Waals surface area contributed by atoms with Gasteiger partial charge in [-0.15, -0.1) is 0 Å². The molecule has 5 nitrogen and oxygen atoms in total. The van der Waals surface area contributed by atoms with E-state index in [1.54, 1.807) is 0 Å². The van der Waals surface area contributed by atoms with Crippen LogP contribution in [0.1, 0.15) is 27.2 Å². The van der Waals surface area contributed by atoms with Gasteiger partial charge >= 0.3 is 6.09 Å². The Morgan fingerprint density at radius 2 is 2.13 bits per heavy atom. The van der Waals surface area contributed by atoms with E-state index < -0.39 is 11.6 Å². The number of amides is 1. The maximum Gasteiger partial charge on any atom is 0.408 e. The van der Waals surface area contributed by atoms with Crippen molar-refractivity contribution in [1.82, 2.24) is 10.2 Å². The molecule has 1 saturated heterocycles. The third-order valence-corrected chi connectivity index (χ3v) is 2.46. The Morgan fingerprint density at radius 3 is 2.53 bits per heavy atom. The summed E-state index contributed by atoms with van der Waals surface area (Å²) in [6.07, 6.45) is -0.652. The number of piperidine rings is 1. The molecule has 0 aromatic heterocycles. The van der Waals surface area contributed by atoms with Gasteiger partial charge in [0.2, 0.25) is 0 Å². The highest BCUT2D eigenvalue weighted by Gasteiger charge is 2.35. The fourth-order valence-corrected chi connectivity index (χ4v) is 1.96. The average molecular weight is 214 g/mol. The Balaban J connectivity index is 2.80. The van der Waals surface area contributed by atoms with Crippen LogP contribution in [0.4, 0.5) is 4.79 Å². The van der Waals surface area contributed by atoms with Crippen molar-refractivity contribution in [2.45, 2.75) is 38.8 Å². The van der Waals surface area contributed by atoms with Crippen molar-refractivity contribution in [2.75, 3.05) is 13.1 Å². The first kappa shape index (κ1) is 12.0. The minimum atomic E-state index is -0.969. The van der Waals surface area contributed by atoms with E-state index in [0.717, 1.165) is 0 Å². The Morgan fingerprint density at radius 1 is 1.53 bits per heavy atom. The van der Waals surface area contributed by atoms with Crippen molar-refractivity contribution in [3.63, 3.8) is 0 Å². The number of hydrogen-bond donors (Lipinski definition) is 2. The number of Topliss-reactive ketones (excluding diaryl/α,β-unsaturated/α-hetero) is 1. The standard InChI is InChI=1S/C10H18N2O3/c1-10(2,3)12(9(14)15)7-4-8(13)6-11-5-7/h7,11H,4-6H2,1-3H3,(H,14,15). The van der Waals surface area contributed by atoms with Crippen LogP contribution in [0.25, 0.3) is 0 Å². The quantitative estimate of drug-likeness (QED) is 0.674. The van der Waals surface area contributed by atoms with Gasteiger partial charge in [0.25, 0.3) is 0 Å². The molecule has 0 aromatic carbocycles. The van der Waals surface area contributed by atoms with Gasteiger partial charge in [-0.25, -0.2) is 4.79 Å². The molecule has 86 valence electrons. The van der Waals surface area contributed by atoms with Gasteiger partial charge in [0, 0.05) is 18.5 Å². The summed E-state index contributed by atoms with van der Waals surface area (Å²) in [6, 6.07) is -0.247. The number of ketones is 1. The average Bonchev–Trinajstić information content (AvgIpc) is 1.99. The lowest BCUT2D eigenvalue weighted by atomic mass is 9.98. The van der Waals surface area contributed by atoms with E-state index in [1.807, 2.05) is 20.8 Å². The van der Waals surface area contributed by atoms with Crippen LogP contribution in [0, 0.1) is 0 Å². The minimum absolute atomic E-state index is 0.0711. The Hall–Kier alpha value is -1.10. The molecule has 1 amide bonds. The highest BCUT2D eigenvalue weighted by molar-refractivity contribution is 5.82. The Kier molecular flexibility index (Phi) is 3.34. The number of carboxylic acid groups (broad SMARTS) is 1. The van der Waals surface area contributed by atoms with Crippen molar-refractivity contribution in [3.8, 4) is 0 Å². The van der Waals surface area contributed by atoms with Crippen molar-refractivity contribution in [2.24, 2.45) is 0 Å². The molecule has 1 atom stereocenters. The lowest BCUT2D eigenvalue weighted by Crippen LogP contribution is -2.57. The zero-order valence-corrected chi connectivity index (χ0v) is 9.41. The SMILES string of the molecule is CC(C)(C)N(C(=O)O)C1CNCC(=O)C1. The summed E-state index contributed by atoms with van der Waals surface area (Å²) in [5, 5.41) is 12.1. The van der Waals surface area contributed by atoms with E-state index in [0.29, 0.717) is 19.5 Å². The van der Waals surface area contributed by atoms with E-state index in [2.05, 4.69) is 5.32 Å². The molecule has 0 saturated carbocycles. The zero-order chi connectivity index (χ0) is 11.6. The number of hydrogen-bond acceptors (Lipinski definition) is 3. The van der Waals surface area contributed by atoms with E-state index in [1.165, 1.54) is 4.90 Å². The fourth-order valence-electron chi connectivity index (χ4n) is 1.96. The van der Waals surface area contributed by atoms with Gasteiger partial charge in [-0.05, 0) is 20.8 Å². The molecule has 0 aliphatic carbocycles. The van der Waals surface area contributed by atoms with Gasteiger partial charge in [-0.2, -0.15) is 0 Å². The first-order valence-corrected chi connectivity index (χ1v) is 5.07. The summed E-state index contributed by atoms with van der Waals surface area (Å²) in [4.78, 5) is 23.7. The normalized spacial score (nSPS) is 22.6. The molecule has 1 rings (SSSR count). The number of nitrogens with zero attached hydrogens (tertiary/aromatic N) is 1. The second kappa shape index (κ2) is 4.18. The number of nitrogens with one attached hydrogen (secondary N) is 1. The third-order valence-electron chi connectivity index (χ3n) is 2.46. The van der Waals surface area contributed by atoms with Crippen molar-refractivity contribution < 1.29 is 14.7 Å². The van der Waals surface area contributed by atoms with E-state index in [4.69, 9.17) is 5.11 Å². The lowest BCUT2D eigenvalue weighted by Gasteiger charge is -2.40. The topological polar surface area (TPSA) is 69.6 Å². The third kappa shape index (κ3) is 2.92. The molecule has 1 aliphatic heterocycles. The van der Waals surface area contributed by atoms with Crippen molar-refractivity contribution in [1.29, 1.82) is 0 Å². The first-order valence-electron chi connectivity index (χ1n) is 5.07. The van der Waals surface area contributed by atoms with Gasteiger partial charge in [0.15, 0.2) is 0 Å². The Labute approximate surface area is 89.4 Å². The molecular weight excluding hydrogens is 196 g/mol. The summed E-state index contributed by atoms with van der Waals surface area (Å²) in [5.41, 5.74) is -0.476. The zero-order valence-electron chi connectivity index (χ0n) is 9.41. The first-order chi connectivity index (χ1) is 6.82. The van der Waals surface area contributed by atoms with Gasteiger partial charge < -0.3 is 10.4 Å². The van der Waals surface area contributed by atoms with Crippen LogP contribution in [0.15, 0.2) is 0 Å². The maximum atomic E-state index is 11.2. The van der Waals surface area contributed by atoms with Crippen LogP contribution < -0.4 is 5.32 Å². The van der Waals surface area contributed by atoms with E-state index in [-0.39, 0.29) is 11.8 Å². The van der Waals surface area contributed by atoms with Crippen LogP contribution in [-0.2, 0) is 4.79 Å². The number of rotatable bonds is 1. The molecule has 0 bridgehead atoms. The van der Waals surface area contributed by atoms with Crippen molar-refractivity contribution in [3.05, 3.63) is 0 Å². The monoisotopic (exact) mass is 214 g/mol. The minimum Gasteiger partial charge on any atom is -0.465 e. The highest BCUT2D eigenvalue weighted by Crippen LogP contribution is 2.20. The summed E-state index contributed by atoms with van der Waals surface area (Å²) in [7, 11) is 0. The predicted octanol–water partition coefficient (Wildman–Crippen LogP) is 0.696. The van der Waals surface area contributed by atoms with Gasteiger partial charge in [0.1, 0.15) is 5.78 Å². The molecule has 1 heterocycles. The molecule has 0 radical (unpaired) electrons. The van der Waals surface area contributed by atoms with E-state index in [9.17, 15) is 9.59 Å². The number of carbonyl (C=O) groups is 2. The predicted molar refractivity (Wildman–Crippen MR) is 55.9 cm³/mol. The van der Waals surface area contributed by atoms with Gasteiger partial charge in [-0.3, -0.25) is 9.69 Å². The van der Waals surface area contributed by atoms with Gasteiger partial charge in [0.05, 0.1) is 12.6 Å².